The quantitative estimate of drug-likeness (QED) is 0.566. The van der Waals surface area contributed by atoms with E-state index in [4.69, 9.17) is 4.74 Å². The summed E-state index contributed by atoms with van der Waals surface area (Å²) in [5.41, 5.74) is 0.582. The van der Waals surface area contributed by atoms with Crippen LogP contribution in [0.3, 0.4) is 0 Å². The van der Waals surface area contributed by atoms with Crippen molar-refractivity contribution in [3.8, 4) is 0 Å². The van der Waals surface area contributed by atoms with Crippen molar-refractivity contribution in [1.29, 1.82) is 0 Å². The first-order chi connectivity index (χ1) is 7.69. The average molecular weight is 220 g/mol. The molecule has 0 saturated heterocycles. The third kappa shape index (κ3) is 3.19. The van der Waals surface area contributed by atoms with E-state index in [0.717, 1.165) is 0 Å². The molecule has 1 atom stereocenters. The standard InChI is InChI=1S/C13H16O3/c1-3-11(16-12(14)4-2)13(15)10-8-6-5-7-9-10/h5-9,11H,3-4H2,1-2H3. The topological polar surface area (TPSA) is 43.4 Å². The molecule has 0 N–H and O–H groups in total. The Morgan fingerprint density at radius 3 is 2.31 bits per heavy atom. The maximum Gasteiger partial charge on any atom is 0.306 e. The molecular weight excluding hydrogens is 204 g/mol. The van der Waals surface area contributed by atoms with Gasteiger partial charge in [0.05, 0.1) is 0 Å². The van der Waals surface area contributed by atoms with E-state index >= 15 is 0 Å². The van der Waals surface area contributed by atoms with Crippen LogP contribution >= 0.6 is 0 Å². The van der Waals surface area contributed by atoms with Crippen LogP contribution in [0, 0.1) is 0 Å². The van der Waals surface area contributed by atoms with E-state index in [0.29, 0.717) is 18.4 Å². The van der Waals surface area contributed by atoms with Crippen LogP contribution in [0.4, 0.5) is 0 Å². The van der Waals surface area contributed by atoms with Gasteiger partial charge in [-0.2, -0.15) is 0 Å². The van der Waals surface area contributed by atoms with Gasteiger partial charge >= 0.3 is 5.97 Å². The van der Waals surface area contributed by atoms with Crippen molar-refractivity contribution < 1.29 is 14.3 Å². The maximum atomic E-state index is 12.0. The molecule has 1 rings (SSSR count). The lowest BCUT2D eigenvalue weighted by Crippen LogP contribution is -2.26. The van der Waals surface area contributed by atoms with Gasteiger partial charge in [0, 0.05) is 12.0 Å². The molecule has 1 aromatic carbocycles. The molecule has 1 unspecified atom stereocenters. The fourth-order valence-corrected chi connectivity index (χ4v) is 1.35. The average Bonchev–Trinajstić information content (AvgIpc) is 2.35. The highest BCUT2D eigenvalue weighted by atomic mass is 16.5. The molecule has 3 heteroatoms. The molecule has 0 aliphatic heterocycles. The number of hydrogen-bond acceptors (Lipinski definition) is 3. The third-order valence-corrected chi connectivity index (χ3v) is 2.28. The van der Waals surface area contributed by atoms with Crippen LogP contribution in [0.2, 0.25) is 0 Å². The maximum absolute atomic E-state index is 12.0. The molecule has 16 heavy (non-hydrogen) atoms. The van der Waals surface area contributed by atoms with Gasteiger partial charge in [-0.05, 0) is 6.42 Å². The SMILES string of the molecule is CCC(=O)OC(CC)C(=O)c1ccccc1. The van der Waals surface area contributed by atoms with E-state index in [1.165, 1.54) is 0 Å². The van der Waals surface area contributed by atoms with Gasteiger partial charge in [-0.25, -0.2) is 0 Å². The minimum Gasteiger partial charge on any atom is -0.454 e. The van der Waals surface area contributed by atoms with Gasteiger partial charge in [-0.3, -0.25) is 9.59 Å². The van der Waals surface area contributed by atoms with Gasteiger partial charge < -0.3 is 4.74 Å². The van der Waals surface area contributed by atoms with Crippen molar-refractivity contribution in [2.75, 3.05) is 0 Å². The zero-order valence-corrected chi connectivity index (χ0v) is 9.60. The molecule has 0 fully saturated rings. The number of hydrogen-bond donors (Lipinski definition) is 0. The van der Waals surface area contributed by atoms with Crippen molar-refractivity contribution in [3.63, 3.8) is 0 Å². The molecule has 0 radical (unpaired) electrons. The fourth-order valence-electron chi connectivity index (χ4n) is 1.35. The summed E-state index contributed by atoms with van der Waals surface area (Å²) in [6.45, 7) is 3.54. The van der Waals surface area contributed by atoms with Crippen LogP contribution in [0.15, 0.2) is 30.3 Å². The van der Waals surface area contributed by atoms with Crippen LogP contribution in [0.1, 0.15) is 37.0 Å². The Hall–Kier alpha value is -1.64. The number of carbonyl (C=O) groups is 2. The van der Waals surface area contributed by atoms with E-state index in [1.807, 2.05) is 13.0 Å². The second kappa shape index (κ2) is 6.05. The van der Waals surface area contributed by atoms with Gasteiger partial charge in [0.2, 0.25) is 5.78 Å². The summed E-state index contributed by atoms with van der Waals surface area (Å²) in [4.78, 5) is 23.1. The van der Waals surface area contributed by atoms with Crippen LogP contribution in [0.5, 0.6) is 0 Å². The summed E-state index contributed by atoms with van der Waals surface area (Å²) in [5.74, 6) is -0.471. The largest absolute Gasteiger partial charge is 0.454 e. The number of ether oxygens (including phenoxy) is 1. The highest BCUT2D eigenvalue weighted by molar-refractivity contribution is 6.00. The number of rotatable bonds is 5. The first kappa shape index (κ1) is 12.4. The summed E-state index contributed by atoms with van der Waals surface area (Å²) in [7, 11) is 0. The highest BCUT2D eigenvalue weighted by Gasteiger charge is 2.21. The fraction of sp³-hybridized carbons (Fsp3) is 0.385. The number of Topliss-reactive ketones (excluding diaryl/α,β-unsaturated/α-hetero) is 1. The predicted molar refractivity (Wildman–Crippen MR) is 61.2 cm³/mol. The Bertz CT molecular complexity index is 357. The summed E-state index contributed by atoms with van der Waals surface area (Å²) >= 11 is 0. The smallest absolute Gasteiger partial charge is 0.306 e. The summed E-state index contributed by atoms with van der Waals surface area (Å²) < 4.78 is 5.08. The van der Waals surface area contributed by atoms with E-state index in [9.17, 15) is 9.59 Å². The second-order valence-corrected chi connectivity index (χ2v) is 3.47. The Morgan fingerprint density at radius 2 is 1.81 bits per heavy atom. The zero-order chi connectivity index (χ0) is 12.0. The first-order valence-corrected chi connectivity index (χ1v) is 5.47. The molecule has 86 valence electrons. The van der Waals surface area contributed by atoms with Gasteiger partial charge in [-0.15, -0.1) is 0 Å². The number of benzene rings is 1. The van der Waals surface area contributed by atoms with E-state index in [-0.39, 0.29) is 11.8 Å². The molecule has 0 aliphatic carbocycles. The first-order valence-electron chi connectivity index (χ1n) is 5.47. The minimum absolute atomic E-state index is 0.134. The normalized spacial score (nSPS) is 11.9. The van der Waals surface area contributed by atoms with Crippen molar-refractivity contribution in [3.05, 3.63) is 35.9 Å². The summed E-state index contributed by atoms with van der Waals surface area (Å²) in [6, 6.07) is 8.88. The number of ketones is 1. The lowest BCUT2D eigenvalue weighted by atomic mass is 10.0. The van der Waals surface area contributed by atoms with Gasteiger partial charge in [-0.1, -0.05) is 44.2 Å². The number of carbonyl (C=O) groups excluding carboxylic acids is 2. The predicted octanol–water partition coefficient (Wildman–Crippen LogP) is 2.60. The minimum atomic E-state index is -0.658. The Labute approximate surface area is 95.4 Å². The zero-order valence-electron chi connectivity index (χ0n) is 9.60. The van der Waals surface area contributed by atoms with Crippen molar-refractivity contribution in [1.82, 2.24) is 0 Å². The molecule has 0 aliphatic rings. The lowest BCUT2D eigenvalue weighted by molar-refractivity contribution is -0.146. The Balaban J connectivity index is 2.74. The van der Waals surface area contributed by atoms with Crippen molar-refractivity contribution in [2.45, 2.75) is 32.8 Å². The summed E-state index contributed by atoms with van der Waals surface area (Å²) in [6.07, 6.45) is 0.132. The van der Waals surface area contributed by atoms with Crippen LogP contribution < -0.4 is 0 Å². The molecule has 0 saturated carbocycles. The van der Waals surface area contributed by atoms with Gasteiger partial charge in [0.25, 0.3) is 0 Å². The summed E-state index contributed by atoms with van der Waals surface area (Å²) in [5, 5.41) is 0. The molecule has 0 heterocycles. The van der Waals surface area contributed by atoms with Crippen LogP contribution in [-0.4, -0.2) is 17.9 Å². The second-order valence-electron chi connectivity index (χ2n) is 3.47. The number of esters is 1. The van der Waals surface area contributed by atoms with Crippen molar-refractivity contribution in [2.24, 2.45) is 0 Å². The van der Waals surface area contributed by atoms with E-state index < -0.39 is 6.10 Å². The monoisotopic (exact) mass is 220 g/mol. The molecule has 0 amide bonds. The molecular formula is C13H16O3. The van der Waals surface area contributed by atoms with Crippen molar-refractivity contribution >= 4 is 11.8 Å². The van der Waals surface area contributed by atoms with Gasteiger partial charge in [0.15, 0.2) is 6.10 Å². The Morgan fingerprint density at radius 1 is 1.19 bits per heavy atom. The highest BCUT2D eigenvalue weighted by Crippen LogP contribution is 2.10. The molecule has 0 aromatic heterocycles. The molecule has 0 spiro atoms. The van der Waals surface area contributed by atoms with E-state index in [1.54, 1.807) is 31.2 Å². The van der Waals surface area contributed by atoms with E-state index in [2.05, 4.69) is 0 Å². The van der Waals surface area contributed by atoms with Crippen LogP contribution in [-0.2, 0) is 9.53 Å². The lowest BCUT2D eigenvalue weighted by Gasteiger charge is -2.14. The molecule has 0 bridgehead atoms. The molecule has 3 nitrogen and oxygen atoms in total. The molecule has 1 aromatic rings. The Kier molecular flexibility index (Phi) is 4.70. The van der Waals surface area contributed by atoms with Gasteiger partial charge in [0.1, 0.15) is 0 Å². The van der Waals surface area contributed by atoms with Crippen LogP contribution in [0.25, 0.3) is 0 Å². The third-order valence-electron chi connectivity index (χ3n) is 2.28.